The van der Waals surface area contributed by atoms with Crippen LogP contribution in [0.4, 0.5) is 5.69 Å². The molecule has 2 heterocycles. The number of benzene rings is 1. The number of hydrogen-bond acceptors (Lipinski definition) is 3. The Bertz CT molecular complexity index is 498. The quantitative estimate of drug-likeness (QED) is 0.853. The first-order chi connectivity index (χ1) is 10.6. The molecule has 0 unspecified atom stereocenters. The third-order valence-corrected chi connectivity index (χ3v) is 5.11. The molecule has 1 aromatic rings. The van der Waals surface area contributed by atoms with Gasteiger partial charge >= 0.3 is 0 Å². The van der Waals surface area contributed by atoms with E-state index in [9.17, 15) is 4.79 Å². The average Bonchev–Trinajstić information content (AvgIpc) is 2.48. The molecule has 0 bridgehead atoms. The smallest absolute Gasteiger partial charge is 0.242 e. The molecule has 0 aliphatic carbocycles. The molecule has 4 heteroatoms. The predicted octanol–water partition coefficient (Wildman–Crippen LogP) is 2.21. The molecule has 1 atom stereocenters. The van der Waals surface area contributed by atoms with Crippen molar-refractivity contribution >= 4 is 11.6 Å². The molecule has 1 aromatic carbocycles. The molecule has 0 aromatic heterocycles. The van der Waals surface area contributed by atoms with Gasteiger partial charge in [0.15, 0.2) is 0 Å². The lowest BCUT2D eigenvalue weighted by atomic mass is 9.97. The first kappa shape index (κ1) is 15.3. The Labute approximate surface area is 133 Å². The fourth-order valence-corrected chi connectivity index (χ4v) is 3.61. The van der Waals surface area contributed by atoms with Gasteiger partial charge in [-0.1, -0.05) is 24.6 Å². The highest BCUT2D eigenvalue weighted by Crippen LogP contribution is 2.24. The van der Waals surface area contributed by atoms with Crippen molar-refractivity contribution in [3.05, 3.63) is 30.3 Å². The van der Waals surface area contributed by atoms with Crippen molar-refractivity contribution in [1.29, 1.82) is 0 Å². The van der Waals surface area contributed by atoms with Crippen LogP contribution in [0.25, 0.3) is 0 Å². The maximum Gasteiger partial charge on any atom is 0.242 e. The largest absolute Gasteiger partial charge is 0.365 e. The molecule has 2 saturated heterocycles. The fourth-order valence-electron chi connectivity index (χ4n) is 3.61. The van der Waals surface area contributed by atoms with Gasteiger partial charge in [-0.3, -0.25) is 9.69 Å². The Balaban J connectivity index is 1.47. The fraction of sp³-hybridized carbons (Fsp3) is 0.611. The zero-order chi connectivity index (χ0) is 15.5. The third-order valence-electron chi connectivity index (χ3n) is 5.11. The minimum absolute atomic E-state index is 0.243. The highest BCUT2D eigenvalue weighted by Gasteiger charge is 2.37. The van der Waals surface area contributed by atoms with Crippen molar-refractivity contribution in [2.45, 2.75) is 38.3 Å². The number of likely N-dealkylation sites (N-methyl/N-ethyl adjacent to an activating group) is 1. The molecule has 2 aliphatic rings. The summed E-state index contributed by atoms with van der Waals surface area (Å²) in [6.45, 7) is 5.81. The van der Waals surface area contributed by atoms with E-state index >= 15 is 0 Å². The highest BCUT2D eigenvalue weighted by molar-refractivity contribution is 5.82. The molecular weight excluding hydrogens is 274 g/mol. The van der Waals surface area contributed by atoms with E-state index in [1.807, 2.05) is 47.2 Å². The van der Waals surface area contributed by atoms with Crippen LogP contribution in [-0.2, 0) is 4.79 Å². The summed E-state index contributed by atoms with van der Waals surface area (Å²) in [5.74, 6) is 0.243. The SMILES string of the molecule is C[C@H]1CCCCN1C1CN(C(=O)CN(C)c2ccccc2)C1. The van der Waals surface area contributed by atoms with Crippen LogP contribution in [0.5, 0.6) is 0 Å². The van der Waals surface area contributed by atoms with Gasteiger partial charge < -0.3 is 9.80 Å². The van der Waals surface area contributed by atoms with Crippen molar-refractivity contribution in [3.63, 3.8) is 0 Å². The Morgan fingerprint density at radius 1 is 1.23 bits per heavy atom. The number of anilines is 1. The van der Waals surface area contributed by atoms with Gasteiger partial charge in [0.25, 0.3) is 0 Å². The van der Waals surface area contributed by atoms with Gasteiger partial charge in [-0.05, 0) is 38.4 Å². The summed E-state index contributed by atoms with van der Waals surface area (Å²) in [5, 5.41) is 0. The summed E-state index contributed by atoms with van der Waals surface area (Å²) in [7, 11) is 1.98. The molecule has 4 nitrogen and oxygen atoms in total. The Morgan fingerprint density at radius 2 is 1.95 bits per heavy atom. The lowest BCUT2D eigenvalue weighted by molar-refractivity contribution is -0.138. The molecule has 0 N–H and O–H groups in total. The van der Waals surface area contributed by atoms with Crippen LogP contribution >= 0.6 is 0 Å². The lowest BCUT2D eigenvalue weighted by Crippen LogP contribution is -2.64. The van der Waals surface area contributed by atoms with E-state index in [-0.39, 0.29) is 5.91 Å². The van der Waals surface area contributed by atoms with Gasteiger partial charge in [-0.25, -0.2) is 0 Å². The molecule has 0 spiro atoms. The number of carbonyl (C=O) groups excluding carboxylic acids is 1. The van der Waals surface area contributed by atoms with Gasteiger partial charge in [0.1, 0.15) is 0 Å². The minimum Gasteiger partial charge on any atom is -0.365 e. The average molecular weight is 301 g/mol. The first-order valence-electron chi connectivity index (χ1n) is 8.45. The van der Waals surface area contributed by atoms with E-state index in [1.165, 1.54) is 25.8 Å². The zero-order valence-corrected chi connectivity index (χ0v) is 13.7. The summed E-state index contributed by atoms with van der Waals surface area (Å²) in [6, 6.07) is 11.4. The second kappa shape index (κ2) is 6.69. The van der Waals surface area contributed by atoms with Crippen molar-refractivity contribution in [2.24, 2.45) is 0 Å². The van der Waals surface area contributed by atoms with Crippen LogP contribution in [0.2, 0.25) is 0 Å². The van der Waals surface area contributed by atoms with E-state index in [1.54, 1.807) is 0 Å². The summed E-state index contributed by atoms with van der Waals surface area (Å²) in [6.07, 6.45) is 3.97. The number of para-hydroxylation sites is 1. The third kappa shape index (κ3) is 3.27. The van der Waals surface area contributed by atoms with Crippen molar-refractivity contribution < 1.29 is 4.79 Å². The molecule has 0 radical (unpaired) electrons. The van der Waals surface area contributed by atoms with Crippen molar-refractivity contribution in [3.8, 4) is 0 Å². The topological polar surface area (TPSA) is 26.8 Å². The second-order valence-electron chi connectivity index (χ2n) is 6.73. The van der Waals surface area contributed by atoms with Crippen LogP contribution in [-0.4, -0.2) is 61.0 Å². The standard InChI is InChI=1S/C18H27N3O/c1-15-8-6-7-11-21(15)17-12-20(13-17)18(22)14-19(2)16-9-4-3-5-10-16/h3-5,9-10,15,17H,6-8,11-14H2,1-2H3/t15-/m0/s1. The monoisotopic (exact) mass is 301 g/mol. The predicted molar refractivity (Wildman–Crippen MR) is 90.1 cm³/mol. The number of hydrogen-bond donors (Lipinski definition) is 0. The highest BCUT2D eigenvalue weighted by atomic mass is 16.2. The summed E-state index contributed by atoms with van der Waals surface area (Å²) < 4.78 is 0. The molecule has 0 saturated carbocycles. The molecule has 2 fully saturated rings. The summed E-state index contributed by atoms with van der Waals surface area (Å²) >= 11 is 0. The molecular formula is C18H27N3O. The van der Waals surface area contributed by atoms with Crippen molar-refractivity contribution in [1.82, 2.24) is 9.80 Å². The number of likely N-dealkylation sites (tertiary alicyclic amines) is 2. The summed E-state index contributed by atoms with van der Waals surface area (Å²) in [4.78, 5) is 19.0. The molecule has 2 aliphatic heterocycles. The number of nitrogens with zero attached hydrogens (tertiary/aromatic N) is 3. The van der Waals surface area contributed by atoms with Crippen LogP contribution in [0.1, 0.15) is 26.2 Å². The number of carbonyl (C=O) groups is 1. The Morgan fingerprint density at radius 3 is 2.64 bits per heavy atom. The van der Waals surface area contributed by atoms with Crippen LogP contribution in [0, 0.1) is 0 Å². The molecule has 120 valence electrons. The summed E-state index contributed by atoms with van der Waals surface area (Å²) in [5.41, 5.74) is 1.09. The van der Waals surface area contributed by atoms with Crippen LogP contribution in [0.15, 0.2) is 30.3 Å². The maximum atomic E-state index is 12.4. The molecule has 3 rings (SSSR count). The van der Waals surface area contributed by atoms with Crippen LogP contribution < -0.4 is 4.90 Å². The van der Waals surface area contributed by atoms with Crippen molar-refractivity contribution in [2.75, 3.05) is 38.1 Å². The molecule has 22 heavy (non-hydrogen) atoms. The molecule has 1 amide bonds. The van der Waals surface area contributed by atoms with E-state index in [2.05, 4.69) is 11.8 Å². The van der Waals surface area contributed by atoms with E-state index in [0.29, 0.717) is 18.6 Å². The number of rotatable bonds is 4. The zero-order valence-electron chi connectivity index (χ0n) is 13.7. The van der Waals surface area contributed by atoms with Gasteiger partial charge in [0, 0.05) is 37.9 Å². The Hall–Kier alpha value is -1.55. The van der Waals surface area contributed by atoms with Gasteiger partial charge in [0.2, 0.25) is 5.91 Å². The van der Waals surface area contributed by atoms with E-state index < -0.39 is 0 Å². The Kier molecular flexibility index (Phi) is 4.67. The number of amides is 1. The first-order valence-corrected chi connectivity index (χ1v) is 8.45. The van der Waals surface area contributed by atoms with E-state index in [4.69, 9.17) is 0 Å². The minimum atomic E-state index is 0.243. The number of piperidine rings is 1. The maximum absolute atomic E-state index is 12.4. The van der Waals surface area contributed by atoms with E-state index in [0.717, 1.165) is 18.8 Å². The van der Waals surface area contributed by atoms with Gasteiger partial charge in [-0.2, -0.15) is 0 Å². The van der Waals surface area contributed by atoms with Gasteiger partial charge in [-0.15, -0.1) is 0 Å². The van der Waals surface area contributed by atoms with Gasteiger partial charge in [0.05, 0.1) is 6.54 Å². The van der Waals surface area contributed by atoms with Crippen LogP contribution in [0.3, 0.4) is 0 Å². The lowest BCUT2D eigenvalue weighted by Gasteiger charge is -2.49. The second-order valence-corrected chi connectivity index (χ2v) is 6.73. The normalized spacial score (nSPS) is 23.2.